The number of hydrogen-bond donors (Lipinski definition) is 1. The fraction of sp³-hybridized carbons (Fsp3) is 0.952. The number of aliphatic carboxylic acids is 1. The molecule has 0 spiro atoms. The number of hydrogen-bond acceptors (Lipinski definition) is 1. The van der Waals surface area contributed by atoms with Crippen LogP contribution >= 0.6 is 0 Å². The van der Waals surface area contributed by atoms with Crippen LogP contribution in [0.3, 0.4) is 0 Å². The second-order valence-electron chi connectivity index (χ2n) is 8.21. The van der Waals surface area contributed by atoms with E-state index in [0.717, 1.165) is 6.42 Å². The summed E-state index contributed by atoms with van der Waals surface area (Å²) in [4.78, 5) is 10.9. The molecule has 0 bridgehead atoms. The summed E-state index contributed by atoms with van der Waals surface area (Å²) in [7, 11) is 4.06. The molecule has 0 aliphatic rings. The summed E-state index contributed by atoms with van der Waals surface area (Å²) in [5.41, 5.74) is 0. The molecule has 3 nitrogen and oxygen atoms in total. The topological polar surface area (TPSA) is 37.3 Å². The molecule has 0 rings (SSSR count). The number of unbranched alkanes of at least 4 members (excludes halogenated alkanes) is 12. The highest BCUT2D eigenvalue weighted by molar-refractivity contribution is 5.67. The van der Waals surface area contributed by atoms with Crippen LogP contribution in [-0.4, -0.2) is 42.2 Å². The molecule has 0 amide bonds. The van der Waals surface area contributed by atoms with Crippen LogP contribution < -0.4 is 12.4 Å². The standard InChI is InChI=1S/C21H43NO2.ClH/c1-5-6-7-8-9-10-11-12-13-14-15-16-17-18-20(2)22(3,4)19-21(23)24;/h20H,5-19H2,1-4H3;1H. The second-order valence-corrected chi connectivity index (χ2v) is 8.21. The summed E-state index contributed by atoms with van der Waals surface area (Å²) in [5.74, 6) is -0.697. The first-order valence-electron chi connectivity index (χ1n) is 10.4. The number of likely N-dealkylation sites (N-methyl/N-ethyl adjacent to an activating group) is 1. The number of halogens is 1. The molecular formula is C21H44ClNO2. The smallest absolute Gasteiger partial charge is 0.359 e. The number of quaternary nitrogens is 1. The fourth-order valence-electron chi connectivity index (χ4n) is 3.31. The molecule has 0 saturated carbocycles. The van der Waals surface area contributed by atoms with Crippen molar-refractivity contribution in [1.29, 1.82) is 0 Å². The van der Waals surface area contributed by atoms with Gasteiger partial charge < -0.3 is 22.0 Å². The average Bonchev–Trinajstić information content (AvgIpc) is 2.50. The van der Waals surface area contributed by atoms with Crippen molar-refractivity contribution in [2.45, 2.75) is 110 Å². The first kappa shape index (κ1) is 26.9. The van der Waals surface area contributed by atoms with Crippen molar-refractivity contribution in [3.63, 3.8) is 0 Å². The number of carboxylic acids is 1. The Kier molecular flexibility index (Phi) is 18.5. The Labute approximate surface area is 163 Å². The number of carbonyl (C=O) groups is 1. The van der Waals surface area contributed by atoms with Gasteiger partial charge in [-0.3, -0.25) is 0 Å². The van der Waals surface area contributed by atoms with E-state index in [2.05, 4.69) is 13.8 Å². The number of carboxylic acid groups (broad SMARTS) is 1. The molecule has 0 aromatic rings. The third kappa shape index (κ3) is 16.9. The molecule has 1 atom stereocenters. The van der Waals surface area contributed by atoms with Crippen molar-refractivity contribution in [3.8, 4) is 0 Å². The third-order valence-corrected chi connectivity index (χ3v) is 5.46. The van der Waals surface area contributed by atoms with Crippen LogP contribution in [0.5, 0.6) is 0 Å². The SMILES string of the molecule is CCCCCCCCCCCCCCCC(C)[N+](C)(C)CC(=O)O.[Cl-]. The normalized spacial score (nSPS) is 12.6. The molecule has 4 heteroatoms. The lowest BCUT2D eigenvalue weighted by Crippen LogP contribution is -3.00. The zero-order valence-electron chi connectivity index (χ0n) is 17.4. The Hall–Kier alpha value is -0.280. The second kappa shape index (κ2) is 17.1. The average molecular weight is 378 g/mol. The highest BCUT2D eigenvalue weighted by Crippen LogP contribution is 2.16. The maximum atomic E-state index is 10.9. The van der Waals surface area contributed by atoms with Gasteiger partial charge in [-0.25, -0.2) is 4.79 Å². The van der Waals surface area contributed by atoms with Crippen LogP contribution in [-0.2, 0) is 4.79 Å². The lowest BCUT2D eigenvalue weighted by atomic mass is 10.0. The van der Waals surface area contributed by atoms with Gasteiger partial charge >= 0.3 is 5.97 Å². The van der Waals surface area contributed by atoms with E-state index in [4.69, 9.17) is 5.11 Å². The predicted octanol–water partition coefficient (Wildman–Crippen LogP) is 3.02. The van der Waals surface area contributed by atoms with Crippen LogP contribution in [0, 0.1) is 0 Å². The summed E-state index contributed by atoms with van der Waals surface area (Å²) in [6.45, 7) is 4.68. The molecule has 0 aliphatic carbocycles. The van der Waals surface area contributed by atoms with Crippen LogP contribution in [0.4, 0.5) is 0 Å². The minimum Gasteiger partial charge on any atom is -1.00 e. The van der Waals surface area contributed by atoms with Crippen molar-refractivity contribution in [1.82, 2.24) is 0 Å². The van der Waals surface area contributed by atoms with Gasteiger partial charge in [0.05, 0.1) is 20.1 Å². The van der Waals surface area contributed by atoms with Crippen LogP contribution in [0.2, 0.25) is 0 Å². The molecular weight excluding hydrogens is 334 g/mol. The minimum atomic E-state index is -0.697. The van der Waals surface area contributed by atoms with Crippen LogP contribution in [0.15, 0.2) is 0 Å². The van der Waals surface area contributed by atoms with E-state index in [1.165, 1.54) is 83.5 Å². The van der Waals surface area contributed by atoms with Gasteiger partial charge in [-0.05, 0) is 19.8 Å². The first-order valence-corrected chi connectivity index (χ1v) is 10.4. The van der Waals surface area contributed by atoms with Gasteiger partial charge in [-0.15, -0.1) is 0 Å². The lowest BCUT2D eigenvalue weighted by Gasteiger charge is -2.34. The molecule has 0 heterocycles. The largest absolute Gasteiger partial charge is 1.00 e. The molecule has 0 aliphatic heterocycles. The molecule has 0 fully saturated rings. The quantitative estimate of drug-likeness (QED) is 0.312. The Morgan fingerprint density at radius 3 is 1.52 bits per heavy atom. The molecule has 0 aromatic heterocycles. The fourth-order valence-corrected chi connectivity index (χ4v) is 3.31. The zero-order chi connectivity index (χ0) is 18.3. The molecule has 1 unspecified atom stereocenters. The summed E-state index contributed by atoms with van der Waals surface area (Å²) >= 11 is 0. The lowest BCUT2D eigenvalue weighted by molar-refractivity contribution is -0.906. The Bertz CT molecular complexity index is 308. The van der Waals surface area contributed by atoms with Crippen LogP contribution in [0.25, 0.3) is 0 Å². The highest BCUT2D eigenvalue weighted by atomic mass is 35.5. The summed E-state index contributed by atoms with van der Waals surface area (Å²) in [5, 5.41) is 8.97. The van der Waals surface area contributed by atoms with Crippen LogP contribution in [0.1, 0.15) is 104 Å². The van der Waals surface area contributed by atoms with Gasteiger partial charge in [0.25, 0.3) is 0 Å². The van der Waals surface area contributed by atoms with Gasteiger partial charge in [-0.2, -0.15) is 0 Å². The van der Waals surface area contributed by atoms with Crippen molar-refractivity contribution in [2.75, 3.05) is 20.6 Å². The van der Waals surface area contributed by atoms with Crippen molar-refractivity contribution < 1.29 is 26.8 Å². The summed E-state index contributed by atoms with van der Waals surface area (Å²) < 4.78 is 0.591. The van der Waals surface area contributed by atoms with Gasteiger partial charge in [-0.1, -0.05) is 84.0 Å². The van der Waals surface area contributed by atoms with E-state index in [0.29, 0.717) is 10.5 Å². The maximum Gasteiger partial charge on any atom is 0.359 e. The predicted molar refractivity (Wildman–Crippen MR) is 104 cm³/mol. The van der Waals surface area contributed by atoms with Crippen molar-refractivity contribution >= 4 is 5.97 Å². The van der Waals surface area contributed by atoms with Crippen molar-refractivity contribution in [2.24, 2.45) is 0 Å². The Morgan fingerprint density at radius 2 is 1.16 bits per heavy atom. The molecule has 25 heavy (non-hydrogen) atoms. The van der Waals surface area contributed by atoms with Gasteiger partial charge in [0.1, 0.15) is 0 Å². The van der Waals surface area contributed by atoms with Crippen molar-refractivity contribution in [3.05, 3.63) is 0 Å². The number of nitrogens with zero attached hydrogens (tertiary/aromatic N) is 1. The zero-order valence-corrected chi connectivity index (χ0v) is 18.1. The molecule has 1 N–H and O–H groups in total. The van der Waals surface area contributed by atoms with E-state index < -0.39 is 5.97 Å². The highest BCUT2D eigenvalue weighted by Gasteiger charge is 2.26. The first-order chi connectivity index (χ1) is 11.4. The summed E-state index contributed by atoms with van der Waals surface area (Å²) in [6.07, 6.45) is 19.1. The van der Waals surface area contributed by atoms with Gasteiger partial charge in [0, 0.05) is 0 Å². The monoisotopic (exact) mass is 377 g/mol. The van der Waals surface area contributed by atoms with E-state index in [1.807, 2.05) is 14.1 Å². The number of rotatable bonds is 17. The van der Waals surface area contributed by atoms with E-state index in [-0.39, 0.29) is 19.0 Å². The maximum absolute atomic E-state index is 10.9. The Balaban J connectivity index is 0. The van der Waals surface area contributed by atoms with Gasteiger partial charge in [0.2, 0.25) is 0 Å². The van der Waals surface area contributed by atoms with E-state index >= 15 is 0 Å². The minimum absolute atomic E-state index is 0. The third-order valence-electron chi connectivity index (χ3n) is 5.46. The molecule has 152 valence electrons. The van der Waals surface area contributed by atoms with Gasteiger partial charge in [0.15, 0.2) is 6.54 Å². The molecule has 0 aromatic carbocycles. The molecule has 0 saturated heterocycles. The Morgan fingerprint density at radius 1 is 0.800 bits per heavy atom. The molecule has 0 radical (unpaired) electrons. The van der Waals surface area contributed by atoms with E-state index in [9.17, 15) is 4.79 Å². The summed E-state index contributed by atoms with van der Waals surface area (Å²) in [6, 6.07) is 0.425. The van der Waals surface area contributed by atoms with E-state index in [1.54, 1.807) is 0 Å².